The zero-order valence-electron chi connectivity index (χ0n) is 6.70. The average Bonchev–Trinajstić information content (AvgIpc) is 2.01. The van der Waals surface area contributed by atoms with Gasteiger partial charge >= 0.3 is 0 Å². The van der Waals surface area contributed by atoms with E-state index >= 15 is 0 Å². The molecule has 0 aliphatic rings. The highest BCUT2D eigenvalue weighted by Gasteiger charge is 2.00. The molecule has 0 aliphatic heterocycles. The van der Waals surface area contributed by atoms with E-state index in [2.05, 4.69) is 6.58 Å². The van der Waals surface area contributed by atoms with Crippen molar-refractivity contribution >= 4 is 0 Å². The Bertz CT molecular complexity index is 93.3. The number of ether oxygens (including phenoxy) is 1. The van der Waals surface area contributed by atoms with Crippen LogP contribution in [-0.2, 0) is 4.74 Å². The van der Waals surface area contributed by atoms with Crippen molar-refractivity contribution in [3.8, 4) is 0 Å². The summed E-state index contributed by atoms with van der Waals surface area (Å²) in [5, 5.41) is 17.5. The molecule has 0 saturated carbocycles. The van der Waals surface area contributed by atoms with Gasteiger partial charge in [0.2, 0.25) is 0 Å². The summed E-state index contributed by atoms with van der Waals surface area (Å²) >= 11 is 0. The molecule has 0 saturated heterocycles. The Morgan fingerprint density at radius 3 is 2.73 bits per heavy atom. The van der Waals surface area contributed by atoms with Crippen LogP contribution in [0.1, 0.15) is 19.3 Å². The summed E-state index contributed by atoms with van der Waals surface area (Å²) < 4.78 is 4.89. The van der Waals surface area contributed by atoms with Gasteiger partial charge in [0.1, 0.15) is 0 Å². The number of aliphatic hydroxyl groups is 2. The van der Waals surface area contributed by atoms with E-state index in [1.54, 1.807) is 6.08 Å². The van der Waals surface area contributed by atoms with Gasteiger partial charge in [0.05, 0.1) is 6.61 Å². The van der Waals surface area contributed by atoms with Crippen molar-refractivity contribution in [2.75, 3.05) is 13.2 Å². The molecule has 1 atom stereocenters. The second kappa shape index (κ2) is 7.72. The molecule has 0 fully saturated rings. The highest BCUT2D eigenvalue weighted by Crippen LogP contribution is 2.01. The van der Waals surface area contributed by atoms with Gasteiger partial charge < -0.3 is 14.9 Å². The third-order valence-electron chi connectivity index (χ3n) is 1.27. The predicted molar refractivity (Wildman–Crippen MR) is 43.1 cm³/mol. The van der Waals surface area contributed by atoms with Gasteiger partial charge in [-0.3, -0.25) is 0 Å². The highest BCUT2D eigenvalue weighted by atomic mass is 16.6. The number of aliphatic hydroxyl groups excluding tert-OH is 2. The molecule has 0 heterocycles. The zero-order chi connectivity index (χ0) is 8.53. The molecule has 1 unspecified atom stereocenters. The summed E-state index contributed by atoms with van der Waals surface area (Å²) in [4.78, 5) is 0. The van der Waals surface area contributed by atoms with Crippen molar-refractivity contribution in [1.29, 1.82) is 0 Å². The number of hydrogen-bond donors (Lipinski definition) is 2. The molecule has 0 spiro atoms. The summed E-state index contributed by atoms with van der Waals surface area (Å²) in [5.74, 6) is 0. The van der Waals surface area contributed by atoms with E-state index in [9.17, 15) is 0 Å². The summed E-state index contributed by atoms with van der Waals surface area (Å²) in [6.45, 7) is 4.00. The Morgan fingerprint density at radius 1 is 1.45 bits per heavy atom. The molecule has 0 aromatic heterocycles. The molecule has 11 heavy (non-hydrogen) atoms. The Hall–Kier alpha value is -0.380. The molecule has 0 aromatic rings. The van der Waals surface area contributed by atoms with Gasteiger partial charge in [-0.1, -0.05) is 6.08 Å². The largest absolute Gasteiger partial charge is 0.396 e. The van der Waals surface area contributed by atoms with Gasteiger partial charge in [-0.25, -0.2) is 0 Å². The van der Waals surface area contributed by atoms with E-state index in [0.717, 1.165) is 6.42 Å². The van der Waals surface area contributed by atoms with E-state index < -0.39 is 6.29 Å². The molecule has 66 valence electrons. The molecular formula is C8H16O3. The van der Waals surface area contributed by atoms with Crippen LogP contribution in [0.4, 0.5) is 0 Å². The maximum Gasteiger partial charge on any atom is 0.154 e. The molecule has 0 radical (unpaired) electrons. The first-order valence-corrected chi connectivity index (χ1v) is 3.82. The smallest absolute Gasteiger partial charge is 0.154 e. The van der Waals surface area contributed by atoms with Gasteiger partial charge in [-0.05, 0) is 19.3 Å². The topological polar surface area (TPSA) is 49.7 Å². The highest BCUT2D eigenvalue weighted by molar-refractivity contribution is 4.64. The summed E-state index contributed by atoms with van der Waals surface area (Å²) in [5.41, 5.74) is 0. The summed E-state index contributed by atoms with van der Waals surface area (Å²) in [6.07, 6.45) is 2.96. The molecular weight excluding hydrogens is 144 g/mol. The van der Waals surface area contributed by atoms with Gasteiger partial charge in [0.15, 0.2) is 6.29 Å². The van der Waals surface area contributed by atoms with Crippen molar-refractivity contribution in [3.05, 3.63) is 12.7 Å². The second-order valence-electron chi connectivity index (χ2n) is 2.30. The van der Waals surface area contributed by atoms with Crippen molar-refractivity contribution in [2.24, 2.45) is 0 Å². The molecule has 0 rings (SSSR count). The first-order valence-electron chi connectivity index (χ1n) is 3.82. The van der Waals surface area contributed by atoms with E-state index in [0.29, 0.717) is 19.4 Å². The van der Waals surface area contributed by atoms with E-state index in [1.807, 2.05) is 0 Å². The Labute approximate surface area is 67.3 Å². The Morgan fingerprint density at radius 2 is 2.18 bits per heavy atom. The van der Waals surface area contributed by atoms with E-state index in [-0.39, 0.29) is 6.61 Å². The third-order valence-corrected chi connectivity index (χ3v) is 1.27. The lowest BCUT2D eigenvalue weighted by Crippen LogP contribution is -2.11. The fourth-order valence-electron chi connectivity index (χ4n) is 0.693. The second-order valence-corrected chi connectivity index (χ2v) is 2.30. The molecule has 2 N–H and O–H groups in total. The van der Waals surface area contributed by atoms with Gasteiger partial charge in [0, 0.05) is 6.61 Å². The molecule has 3 nitrogen and oxygen atoms in total. The van der Waals surface area contributed by atoms with Crippen LogP contribution < -0.4 is 0 Å². The minimum absolute atomic E-state index is 0.175. The van der Waals surface area contributed by atoms with Crippen LogP contribution in [0.25, 0.3) is 0 Å². The van der Waals surface area contributed by atoms with Gasteiger partial charge in [-0.2, -0.15) is 0 Å². The Kier molecular flexibility index (Phi) is 7.46. The van der Waals surface area contributed by atoms with Crippen LogP contribution >= 0.6 is 0 Å². The SMILES string of the molecule is C=CCOC(O)CCCCO. The van der Waals surface area contributed by atoms with Crippen LogP contribution in [0.3, 0.4) is 0 Å². The third kappa shape index (κ3) is 7.52. The fraction of sp³-hybridized carbons (Fsp3) is 0.750. The van der Waals surface area contributed by atoms with Crippen molar-refractivity contribution < 1.29 is 14.9 Å². The maximum absolute atomic E-state index is 9.06. The minimum atomic E-state index is -0.709. The molecule has 0 bridgehead atoms. The van der Waals surface area contributed by atoms with Crippen LogP contribution in [-0.4, -0.2) is 29.7 Å². The minimum Gasteiger partial charge on any atom is -0.396 e. The number of unbranched alkanes of at least 4 members (excludes halogenated alkanes) is 1. The van der Waals surface area contributed by atoms with E-state index in [1.165, 1.54) is 0 Å². The van der Waals surface area contributed by atoms with Crippen LogP contribution in [0, 0.1) is 0 Å². The lowest BCUT2D eigenvalue weighted by molar-refractivity contribution is -0.0940. The normalized spacial score (nSPS) is 12.9. The standard InChI is InChI=1S/C8H16O3/c1-2-7-11-8(10)5-3-4-6-9/h2,8-10H,1,3-7H2. The fourth-order valence-corrected chi connectivity index (χ4v) is 0.693. The van der Waals surface area contributed by atoms with Crippen LogP contribution in [0.2, 0.25) is 0 Å². The number of rotatable bonds is 7. The van der Waals surface area contributed by atoms with Crippen LogP contribution in [0.5, 0.6) is 0 Å². The van der Waals surface area contributed by atoms with Gasteiger partial charge in [-0.15, -0.1) is 6.58 Å². The quantitative estimate of drug-likeness (QED) is 0.327. The van der Waals surface area contributed by atoms with Crippen molar-refractivity contribution in [3.63, 3.8) is 0 Å². The first-order chi connectivity index (χ1) is 5.31. The lowest BCUT2D eigenvalue weighted by atomic mass is 10.2. The predicted octanol–water partition coefficient (Wildman–Crippen LogP) is 0.670. The zero-order valence-corrected chi connectivity index (χ0v) is 6.70. The maximum atomic E-state index is 9.06. The molecule has 3 heteroatoms. The number of hydrogen-bond acceptors (Lipinski definition) is 3. The monoisotopic (exact) mass is 160 g/mol. The first kappa shape index (κ1) is 10.6. The van der Waals surface area contributed by atoms with E-state index in [4.69, 9.17) is 14.9 Å². The lowest BCUT2D eigenvalue weighted by Gasteiger charge is -2.08. The van der Waals surface area contributed by atoms with Crippen molar-refractivity contribution in [2.45, 2.75) is 25.6 Å². The van der Waals surface area contributed by atoms with Crippen molar-refractivity contribution in [1.82, 2.24) is 0 Å². The van der Waals surface area contributed by atoms with Crippen LogP contribution in [0.15, 0.2) is 12.7 Å². The molecule has 0 amide bonds. The Balaban J connectivity index is 3.08. The average molecular weight is 160 g/mol. The molecule has 0 aromatic carbocycles. The summed E-state index contributed by atoms with van der Waals surface area (Å²) in [6, 6.07) is 0. The molecule has 0 aliphatic carbocycles. The van der Waals surface area contributed by atoms with Gasteiger partial charge in [0.25, 0.3) is 0 Å². The summed E-state index contributed by atoms with van der Waals surface area (Å²) in [7, 11) is 0.